The van der Waals surface area contributed by atoms with Gasteiger partial charge in [-0.15, -0.1) is 0 Å². The highest BCUT2D eigenvalue weighted by molar-refractivity contribution is 5.77. The third-order valence-electron chi connectivity index (χ3n) is 3.13. The summed E-state index contributed by atoms with van der Waals surface area (Å²) in [5.74, 6) is -1.19. The van der Waals surface area contributed by atoms with Gasteiger partial charge in [-0.3, -0.25) is 4.79 Å². The maximum atomic E-state index is 11.7. The zero-order valence-corrected chi connectivity index (χ0v) is 10.4. The van der Waals surface area contributed by atoms with E-state index in [4.69, 9.17) is 5.11 Å². The van der Waals surface area contributed by atoms with Gasteiger partial charge in [0, 0.05) is 19.6 Å². The van der Waals surface area contributed by atoms with Crippen molar-refractivity contribution < 1.29 is 14.7 Å². The molecule has 0 aromatic rings. The maximum absolute atomic E-state index is 11.7. The Hall–Kier alpha value is -1.26. The molecule has 0 bridgehead atoms. The Morgan fingerprint density at radius 2 is 2.12 bits per heavy atom. The summed E-state index contributed by atoms with van der Waals surface area (Å²) in [5, 5.41) is 11.7. The molecule has 1 atom stereocenters. The van der Waals surface area contributed by atoms with Gasteiger partial charge in [-0.05, 0) is 12.8 Å². The first kappa shape index (κ1) is 13.8. The summed E-state index contributed by atoms with van der Waals surface area (Å²) >= 11 is 0. The molecule has 0 spiro atoms. The fourth-order valence-electron chi connectivity index (χ4n) is 2.01. The van der Waals surface area contributed by atoms with Crippen LogP contribution < -0.4 is 5.32 Å². The normalized spacial score (nSPS) is 19.4. The van der Waals surface area contributed by atoms with Crippen LogP contribution in [0.2, 0.25) is 0 Å². The quantitative estimate of drug-likeness (QED) is 0.696. The third kappa shape index (κ3) is 4.63. The number of carbonyl (C=O) groups is 2. The van der Waals surface area contributed by atoms with Crippen molar-refractivity contribution in [1.29, 1.82) is 0 Å². The van der Waals surface area contributed by atoms with Crippen LogP contribution in [0.25, 0.3) is 0 Å². The predicted molar refractivity (Wildman–Crippen MR) is 64.9 cm³/mol. The molecule has 5 heteroatoms. The van der Waals surface area contributed by atoms with Crippen molar-refractivity contribution in [3.63, 3.8) is 0 Å². The topological polar surface area (TPSA) is 69.6 Å². The molecule has 0 radical (unpaired) electrons. The van der Waals surface area contributed by atoms with Gasteiger partial charge >= 0.3 is 12.0 Å². The van der Waals surface area contributed by atoms with Gasteiger partial charge < -0.3 is 15.3 Å². The molecule has 1 unspecified atom stereocenters. The lowest BCUT2D eigenvalue weighted by atomic mass is 10.1. The van der Waals surface area contributed by atoms with E-state index in [1.165, 1.54) is 12.8 Å². The van der Waals surface area contributed by atoms with Crippen LogP contribution in [0.3, 0.4) is 0 Å². The highest BCUT2D eigenvalue weighted by atomic mass is 16.4. The van der Waals surface area contributed by atoms with Gasteiger partial charge in [0.15, 0.2) is 0 Å². The number of amides is 2. The summed E-state index contributed by atoms with van der Waals surface area (Å²) in [4.78, 5) is 24.0. The summed E-state index contributed by atoms with van der Waals surface area (Å²) in [6.07, 6.45) is 5.07. The molecule has 1 fully saturated rings. The lowest BCUT2D eigenvalue weighted by Crippen LogP contribution is -2.39. The molecule has 0 aromatic carbocycles. The van der Waals surface area contributed by atoms with Gasteiger partial charge in [0.25, 0.3) is 0 Å². The van der Waals surface area contributed by atoms with E-state index < -0.39 is 5.97 Å². The van der Waals surface area contributed by atoms with Crippen molar-refractivity contribution in [2.75, 3.05) is 19.6 Å². The van der Waals surface area contributed by atoms with E-state index in [0.717, 1.165) is 12.8 Å². The average Bonchev–Trinajstić information content (AvgIpc) is 2.78. The van der Waals surface area contributed by atoms with E-state index in [2.05, 4.69) is 12.2 Å². The zero-order chi connectivity index (χ0) is 12.7. The Bertz CT molecular complexity index is 268. The van der Waals surface area contributed by atoms with Crippen molar-refractivity contribution in [3.8, 4) is 0 Å². The molecule has 2 N–H and O–H groups in total. The monoisotopic (exact) mass is 242 g/mol. The molecule has 1 rings (SSSR count). The number of carboxylic acid groups (broad SMARTS) is 1. The van der Waals surface area contributed by atoms with E-state index in [1.807, 2.05) is 0 Å². The van der Waals surface area contributed by atoms with E-state index in [-0.39, 0.29) is 11.9 Å². The molecular weight excluding hydrogens is 220 g/mol. The minimum absolute atomic E-state index is 0.120. The molecule has 0 aromatic heterocycles. The van der Waals surface area contributed by atoms with Crippen LogP contribution in [0.4, 0.5) is 4.79 Å². The van der Waals surface area contributed by atoms with Crippen molar-refractivity contribution in [1.82, 2.24) is 10.2 Å². The molecule has 98 valence electrons. The first-order valence-corrected chi connectivity index (χ1v) is 6.40. The van der Waals surface area contributed by atoms with Crippen LogP contribution in [0.5, 0.6) is 0 Å². The third-order valence-corrected chi connectivity index (χ3v) is 3.13. The van der Waals surface area contributed by atoms with Crippen LogP contribution in [0, 0.1) is 5.92 Å². The van der Waals surface area contributed by atoms with E-state index in [1.54, 1.807) is 4.90 Å². The van der Waals surface area contributed by atoms with Gasteiger partial charge in [0.2, 0.25) is 0 Å². The van der Waals surface area contributed by atoms with Gasteiger partial charge in [0.1, 0.15) is 0 Å². The molecule has 2 amide bonds. The van der Waals surface area contributed by atoms with Gasteiger partial charge in [-0.2, -0.15) is 0 Å². The number of aliphatic carboxylic acids is 1. The molecule has 17 heavy (non-hydrogen) atoms. The molecule has 1 saturated heterocycles. The minimum Gasteiger partial charge on any atom is -0.481 e. The molecule has 1 aliphatic heterocycles. The number of hydrogen-bond acceptors (Lipinski definition) is 2. The standard InChI is InChI=1S/C12H22N2O3/c1-2-3-4-5-7-13-12(17)14-8-6-10(9-14)11(15)16/h10H,2-9H2,1H3,(H,13,17)(H,15,16). The maximum Gasteiger partial charge on any atom is 0.317 e. The second kappa shape index (κ2) is 7.14. The predicted octanol–water partition coefficient (Wildman–Crippen LogP) is 1.68. The zero-order valence-electron chi connectivity index (χ0n) is 10.4. The molecular formula is C12H22N2O3. The highest BCUT2D eigenvalue weighted by Crippen LogP contribution is 2.16. The van der Waals surface area contributed by atoms with E-state index in [9.17, 15) is 9.59 Å². The molecule has 0 saturated carbocycles. The summed E-state index contributed by atoms with van der Waals surface area (Å²) in [6, 6.07) is -0.120. The summed E-state index contributed by atoms with van der Waals surface area (Å²) < 4.78 is 0. The summed E-state index contributed by atoms with van der Waals surface area (Å²) in [6.45, 7) is 3.73. The highest BCUT2D eigenvalue weighted by Gasteiger charge is 2.30. The van der Waals surface area contributed by atoms with Crippen LogP contribution in [0.15, 0.2) is 0 Å². The minimum atomic E-state index is -0.803. The Balaban J connectivity index is 2.14. The van der Waals surface area contributed by atoms with Crippen LogP contribution in [0.1, 0.15) is 39.0 Å². The largest absolute Gasteiger partial charge is 0.481 e. The Labute approximate surface area is 102 Å². The fourth-order valence-corrected chi connectivity index (χ4v) is 2.01. The second-order valence-electron chi connectivity index (χ2n) is 4.56. The summed E-state index contributed by atoms with van der Waals surface area (Å²) in [5.41, 5.74) is 0. The number of hydrogen-bond donors (Lipinski definition) is 2. The number of rotatable bonds is 6. The summed E-state index contributed by atoms with van der Waals surface area (Å²) in [7, 11) is 0. The number of nitrogens with one attached hydrogen (secondary N) is 1. The van der Waals surface area contributed by atoms with Crippen molar-refractivity contribution in [2.45, 2.75) is 39.0 Å². The smallest absolute Gasteiger partial charge is 0.317 e. The SMILES string of the molecule is CCCCCCNC(=O)N1CCC(C(=O)O)C1. The molecule has 5 nitrogen and oxygen atoms in total. The van der Waals surface area contributed by atoms with Crippen LogP contribution in [-0.2, 0) is 4.79 Å². The lowest BCUT2D eigenvalue weighted by Gasteiger charge is -2.16. The second-order valence-corrected chi connectivity index (χ2v) is 4.56. The number of likely N-dealkylation sites (tertiary alicyclic amines) is 1. The van der Waals surface area contributed by atoms with Crippen molar-refractivity contribution >= 4 is 12.0 Å². The van der Waals surface area contributed by atoms with Crippen molar-refractivity contribution in [2.24, 2.45) is 5.92 Å². The first-order chi connectivity index (χ1) is 8.15. The van der Waals surface area contributed by atoms with Gasteiger partial charge in [-0.25, -0.2) is 4.79 Å². The number of carbonyl (C=O) groups excluding carboxylic acids is 1. The first-order valence-electron chi connectivity index (χ1n) is 6.40. The van der Waals surface area contributed by atoms with Crippen LogP contribution in [-0.4, -0.2) is 41.6 Å². The number of unbranched alkanes of at least 4 members (excludes halogenated alkanes) is 3. The molecule has 0 aliphatic carbocycles. The van der Waals surface area contributed by atoms with E-state index in [0.29, 0.717) is 26.1 Å². The van der Waals surface area contributed by atoms with Gasteiger partial charge in [0.05, 0.1) is 5.92 Å². The lowest BCUT2D eigenvalue weighted by molar-refractivity contribution is -0.141. The Kier molecular flexibility index (Phi) is 5.80. The fraction of sp³-hybridized carbons (Fsp3) is 0.833. The number of nitrogens with zero attached hydrogens (tertiary/aromatic N) is 1. The molecule has 1 heterocycles. The number of urea groups is 1. The van der Waals surface area contributed by atoms with Crippen molar-refractivity contribution in [3.05, 3.63) is 0 Å². The average molecular weight is 242 g/mol. The Morgan fingerprint density at radius 3 is 2.71 bits per heavy atom. The number of carboxylic acids is 1. The molecule has 1 aliphatic rings. The van der Waals surface area contributed by atoms with Crippen LogP contribution >= 0.6 is 0 Å². The Morgan fingerprint density at radius 1 is 1.35 bits per heavy atom. The van der Waals surface area contributed by atoms with Gasteiger partial charge in [-0.1, -0.05) is 26.2 Å². The van der Waals surface area contributed by atoms with E-state index >= 15 is 0 Å².